The standard InChI is InChI=1S/C12H10Cl2N2O2/c13-5-9-10(6-14)15(9)16-11(17)7-3-1-2-4-8(7)12(16)18/h1-4,9-10H,5-6H2/t9-,10-/m1/s1. The Morgan fingerprint density at radius 2 is 1.39 bits per heavy atom. The molecule has 3 rings (SSSR count). The van der Waals surface area contributed by atoms with Crippen LogP contribution in [0.4, 0.5) is 0 Å². The molecule has 2 atom stereocenters. The minimum atomic E-state index is -0.293. The summed E-state index contributed by atoms with van der Waals surface area (Å²) in [5.41, 5.74) is 0.882. The van der Waals surface area contributed by atoms with E-state index in [0.29, 0.717) is 22.9 Å². The van der Waals surface area contributed by atoms with Gasteiger partial charge in [-0.25, -0.2) is 5.01 Å². The number of carbonyl (C=O) groups is 2. The molecule has 0 saturated carbocycles. The zero-order chi connectivity index (χ0) is 12.9. The van der Waals surface area contributed by atoms with E-state index in [1.165, 1.54) is 5.01 Å². The highest BCUT2D eigenvalue weighted by molar-refractivity contribution is 6.22. The van der Waals surface area contributed by atoms with E-state index in [1.54, 1.807) is 29.3 Å². The van der Waals surface area contributed by atoms with Crippen molar-refractivity contribution in [3.63, 3.8) is 0 Å². The Kier molecular flexibility index (Phi) is 2.81. The van der Waals surface area contributed by atoms with Crippen LogP contribution in [0.5, 0.6) is 0 Å². The van der Waals surface area contributed by atoms with E-state index in [-0.39, 0.29) is 23.9 Å². The van der Waals surface area contributed by atoms with Crippen LogP contribution >= 0.6 is 23.2 Å². The Morgan fingerprint density at radius 1 is 0.944 bits per heavy atom. The Bertz CT molecular complexity index is 490. The maximum Gasteiger partial charge on any atom is 0.276 e. The number of nitrogens with zero attached hydrogens (tertiary/aromatic N) is 2. The van der Waals surface area contributed by atoms with Crippen LogP contribution in [0, 0.1) is 0 Å². The monoisotopic (exact) mass is 284 g/mol. The highest BCUT2D eigenvalue weighted by atomic mass is 35.5. The van der Waals surface area contributed by atoms with Crippen molar-refractivity contribution in [3.8, 4) is 0 Å². The molecular formula is C12H10Cl2N2O2. The van der Waals surface area contributed by atoms with Gasteiger partial charge < -0.3 is 0 Å². The number of benzene rings is 1. The van der Waals surface area contributed by atoms with E-state index in [2.05, 4.69) is 0 Å². The smallest absolute Gasteiger partial charge is 0.267 e. The summed E-state index contributed by atoms with van der Waals surface area (Å²) >= 11 is 11.6. The van der Waals surface area contributed by atoms with Crippen molar-refractivity contribution >= 4 is 35.0 Å². The Hall–Kier alpha value is -1.10. The lowest BCUT2D eigenvalue weighted by Gasteiger charge is -2.15. The zero-order valence-electron chi connectivity index (χ0n) is 9.35. The molecule has 2 heterocycles. The lowest BCUT2D eigenvalue weighted by Crippen LogP contribution is -2.37. The summed E-state index contributed by atoms with van der Waals surface area (Å²) in [7, 11) is 0. The van der Waals surface area contributed by atoms with Crippen LogP contribution in [-0.4, -0.2) is 45.7 Å². The molecule has 18 heavy (non-hydrogen) atoms. The first kappa shape index (κ1) is 12.0. The molecule has 0 aliphatic carbocycles. The molecule has 0 spiro atoms. The number of carbonyl (C=O) groups excluding carboxylic acids is 2. The van der Waals surface area contributed by atoms with E-state index in [4.69, 9.17) is 23.2 Å². The van der Waals surface area contributed by atoms with Crippen molar-refractivity contribution in [2.24, 2.45) is 0 Å². The van der Waals surface area contributed by atoms with Gasteiger partial charge in [-0.2, -0.15) is 5.01 Å². The van der Waals surface area contributed by atoms with Crippen LogP contribution in [0.2, 0.25) is 0 Å². The summed E-state index contributed by atoms with van der Waals surface area (Å²) in [5, 5.41) is 2.84. The minimum absolute atomic E-state index is 0.0358. The molecule has 2 amide bonds. The molecule has 1 aromatic carbocycles. The minimum Gasteiger partial charge on any atom is -0.267 e. The third-order valence-electron chi connectivity index (χ3n) is 3.35. The molecule has 4 nitrogen and oxygen atoms in total. The summed E-state index contributed by atoms with van der Waals surface area (Å²) in [6.45, 7) is 0. The van der Waals surface area contributed by atoms with Gasteiger partial charge >= 0.3 is 0 Å². The summed E-state index contributed by atoms with van der Waals surface area (Å²) in [6.07, 6.45) is 0. The van der Waals surface area contributed by atoms with Gasteiger partial charge in [0.1, 0.15) is 0 Å². The van der Waals surface area contributed by atoms with Crippen LogP contribution in [0.25, 0.3) is 0 Å². The molecule has 0 radical (unpaired) electrons. The van der Waals surface area contributed by atoms with Crippen molar-refractivity contribution in [2.45, 2.75) is 12.1 Å². The van der Waals surface area contributed by atoms with Crippen molar-refractivity contribution in [1.29, 1.82) is 0 Å². The van der Waals surface area contributed by atoms with Crippen LogP contribution in [0.1, 0.15) is 20.7 Å². The lowest BCUT2D eigenvalue weighted by atomic mass is 10.1. The molecule has 2 aliphatic heterocycles. The summed E-state index contributed by atoms with van der Waals surface area (Å²) in [4.78, 5) is 24.4. The molecule has 1 fully saturated rings. The molecular weight excluding hydrogens is 275 g/mol. The fourth-order valence-corrected chi connectivity index (χ4v) is 3.04. The molecule has 0 N–H and O–H groups in total. The van der Waals surface area contributed by atoms with Gasteiger partial charge in [-0.05, 0) is 12.1 Å². The molecule has 0 unspecified atom stereocenters. The van der Waals surface area contributed by atoms with Crippen LogP contribution in [-0.2, 0) is 0 Å². The predicted molar refractivity (Wildman–Crippen MR) is 67.8 cm³/mol. The average molecular weight is 285 g/mol. The third kappa shape index (κ3) is 1.49. The van der Waals surface area contributed by atoms with Gasteiger partial charge in [0.2, 0.25) is 0 Å². The van der Waals surface area contributed by atoms with Gasteiger partial charge in [0, 0.05) is 11.8 Å². The van der Waals surface area contributed by atoms with Crippen molar-refractivity contribution < 1.29 is 9.59 Å². The largest absolute Gasteiger partial charge is 0.276 e. The highest BCUT2D eigenvalue weighted by Gasteiger charge is 2.56. The highest BCUT2D eigenvalue weighted by Crippen LogP contribution is 2.37. The van der Waals surface area contributed by atoms with Crippen molar-refractivity contribution in [1.82, 2.24) is 10.0 Å². The first-order valence-electron chi connectivity index (χ1n) is 5.58. The fourth-order valence-electron chi connectivity index (χ4n) is 2.35. The Morgan fingerprint density at radius 3 is 1.78 bits per heavy atom. The average Bonchev–Trinajstić information content (AvgIpc) is 3.05. The fraction of sp³-hybridized carbons (Fsp3) is 0.333. The first-order valence-corrected chi connectivity index (χ1v) is 6.65. The van der Waals surface area contributed by atoms with Crippen LogP contribution < -0.4 is 0 Å². The molecule has 6 heteroatoms. The van der Waals surface area contributed by atoms with E-state index < -0.39 is 0 Å². The predicted octanol–water partition coefficient (Wildman–Crippen LogP) is 1.73. The van der Waals surface area contributed by atoms with E-state index >= 15 is 0 Å². The van der Waals surface area contributed by atoms with Gasteiger partial charge in [-0.3, -0.25) is 9.59 Å². The van der Waals surface area contributed by atoms with E-state index in [1.807, 2.05) is 0 Å². The van der Waals surface area contributed by atoms with Gasteiger partial charge in [-0.15, -0.1) is 23.2 Å². The second kappa shape index (κ2) is 4.23. The van der Waals surface area contributed by atoms with E-state index in [0.717, 1.165) is 0 Å². The topological polar surface area (TPSA) is 40.4 Å². The van der Waals surface area contributed by atoms with Crippen molar-refractivity contribution in [3.05, 3.63) is 35.4 Å². The van der Waals surface area contributed by atoms with Gasteiger partial charge in [0.25, 0.3) is 11.8 Å². The molecule has 0 bridgehead atoms. The number of hydrogen-bond donors (Lipinski definition) is 0. The van der Waals surface area contributed by atoms with Gasteiger partial charge in [-0.1, -0.05) is 12.1 Å². The summed E-state index contributed by atoms with van der Waals surface area (Å²) < 4.78 is 0. The molecule has 1 aromatic rings. The molecule has 2 aliphatic rings. The lowest BCUT2D eigenvalue weighted by molar-refractivity contribution is 0.0353. The van der Waals surface area contributed by atoms with Gasteiger partial charge in [0.05, 0.1) is 23.2 Å². The SMILES string of the molecule is O=C1c2ccccc2C(=O)N1N1[C@H](CCl)[C@H]1CCl. The third-order valence-corrected chi connectivity index (χ3v) is 3.99. The van der Waals surface area contributed by atoms with Crippen LogP contribution in [0.3, 0.4) is 0 Å². The first-order chi connectivity index (χ1) is 8.70. The molecule has 1 saturated heterocycles. The number of alkyl halides is 2. The maximum absolute atomic E-state index is 12.2. The number of halogens is 2. The Balaban J connectivity index is 1.94. The second-order valence-electron chi connectivity index (χ2n) is 4.29. The van der Waals surface area contributed by atoms with E-state index in [9.17, 15) is 9.59 Å². The molecule has 94 valence electrons. The maximum atomic E-state index is 12.2. The number of imide groups is 1. The zero-order valence-corrected chi connectivity index (χ0v) is 10.9. The van der Waals surface area contributed by atoms with Gasteiger partial charge in [0.15, 0.2) is 0 Å². The number of fused-ring (bicyclic) bond motifs is 1. The summed E-state index contributed by atoms with van der Waals surface area (Å²) in [5.74, 6) is 0.118. The number of hydrogen-bond acceptors (Lipinski definition) is 3. The number of rotatable bonds is 3. The molecule has 0 aromatic heterocycles. The normalized spacial score (nSPS) is 29.7. The number of hydrazine groups is 1. The van der Waals surface area contributed by atoms with Crippen molar-refractivity contribution in [2.75, 3.05) is 11.8 Å². The number of amides is 2. The quantitative estimate of drug-likeness (QED) is 0.482. The second-order valence-corrected chi connectivity index (χ2v) is 4.91. The Labute approximate surface area is 114 Å². The van der Waals surface area contributed by atoms with Crippen LogP contribution in [0.15, 0.2) is 24.3 Å². The summed E-state index contributed by atoms with van der Waals surface area (Å²) in [6, 6.07) is 6.73.